The maximum Gasteiger partial charge on any atom is 0.343 e. The molecule has 3 heterocycles. The second-order valence-corrected chi connectivity index (χ2v) is 9.05. The first-order valence-corrected chi connectivity index (χ1v) is 11.8. The Bertz CT molecular complexity index is 914. The van der Waals surface area contributed by atoms with Crippen LogP contribution in [0.5, 0.6) is 0 Å². The van der Waals surface area contributed by atoms with Crippen molar-refractivity contribution in [3.05, 3.63) is 16.8 Å². The molecule has 3 N–H and O–H groups in total. The summed E-state index contributed by atoms with van der Waals surface area (Å²) >= 11 is 1.49. The van der Waals surface area contributed by atoms with E-state index in [4.69, 9.17) is 10.5 Å². The summed E-state index contributed by atoms with van der Waals surface area (Å²) in [6, 6.07) is -0.128. The normalized spacial score (nSPS) is 18.2. The Balaban J connectivity index is 1.30. The standard InChI is InChI=1S/C20H29N7O3S/c1-2-30-18(28)15-12-22-27(16(15)21)14-8-10-26(11-9-14)20(29)23-19-25-24-17(31-19)13-6-4-3-5-7-13/h12-14H,2-11,21H2,1H3,(H,23,25,29). The molecular formula is C20H29N7O3S. The third kappa shape index (κ3) is 4.81. The summed E-state index contributed by atoms with van der Waals surface area (Å²) in [6.45, 7) is 3.17. The molecule has 1 saturated carbocycles. The van der Waals surface area contributed by atoms with Gasteiger partial charge < -0.3 is 15.4 Å². The number of hydrogen-bond donors (Lipinski definition) is 2. The van der Waals surface area contributed by atoms with E-state index in [0.717, 1.165) is 17.8 Å². The number of ether oxygens (including phenoxy) is 1. The molecule has 4 rings (SSSR count). The quantitative estimate of drug-likeness (QED) is 0.672. The zero-order valence-electron chi connectivity index (χ0n) is 17.7. The van der Waals surface area contributed by atoms with Crippen LogP contribution in [0.15, 0.2) is 6.20 Å². The number of anilines is 2. The van der Waals surface area contributed by atoms with Crippen molar-refractivity contribution in [3.8, 4) is 0 Å². The number of hydrogen-bond acceptors (Lipinski definition) is 8. The Morgan fingerprint density at radius 2 is 1.94 bits per heavy atom. The number of nitrogens with one attached hydrogen (secondary N) is 1. The minimum Gasteiger partial charge on any atom is -0.462 e. The minimum atomic E-state index is -0.465. The van der Waals surface area contributed by atoms with Crippen LogP contribution < -0.4 is 11.1 Å². The van der Waals surface area contributed by atoms with Gasteiger partial charge in [-0.1, -0.05) is 30.6 Å². The second-order valence-electron chi connectivity index (χ2n) is 8.04. The highest BCUT2D eigenvalue weighted by molar-refractivity contribution is 7.15. The number of rotatable bonds is 5. The molecule has 2 aliphatic rings. The van der Waals surface area contributed by atoms with E-state index in [-0.39, 0.29) is 24.2 Å². The number of nitrogens with two attached hydrogens (primary N) is 1. The van der Waals surface area contributed by atoms with Crippen molar-refractivity contribution >= 4 is 34.3 Å². The summed E-state index contributed by atoms with van der Waals surface area (Å²) < 4.78 is 6.68. The number of likely N-dealkylation sites (tertiary alicyclic amines) is 1. The first kappa shape index (κ1) is 21.5. The molecule has 0 unspecified atom stereocenters. The molecule has 2 amide bonds. The van der Waals surface area contributed by atoms with E-state index in [1.807, 2.05) is 0 Å². The van der Waals surface area contributed by atoms with Gasteiger partial charge in [-0.2, -0.15) is 5.10 Å². The van der Waals surface area contributed by atoms with Crippen molar-refractivity contribution in [2.75, 3.05) is 30.7 Å². The Morgan fingerprint density at radius 3 is 2.65 bits per heavy atom. The number of piperidine rings is 1. The van der Waals surface area contributed by atoms with Gasteiger partial charge in [0, 0.05) is 19.0 Å². The highest BCUT2D eigenvalue weighted by Gasteiger charge is 2.28. The molecule has 2 aromatic rings. The third-order valence-electron chi connectivity index (χ3n) is 6.04. The molecule has 31 heavy (non-hydrogen) atoms. The molecule has 10 nitrogen and oxygen atoms in total. The van der Waals surface area contributed by atoms with E-state index >= 15 is 0 Å². The van der Waals surface area contributed by atoms with Crippen molar-refractivity contribution in [2.45, 2.75) is 63.8 Å². The monoisotopic (exact) mass is 447 g/mol. The molecule has 0 atom stereocenters. The number of nitrogen functional groups attached to an aromatic ring is 1. The summed E-state index contributed by atoms with van der Waals surface area (Å²) in [5.41, 5.74) is 6.40. The van der Waals surface area contributed by atoms with Crippen LogP contribution in [0.1, 0.15) is 79.2 Å². The zero-order chi connectivity index (χ0) is 21.8. The SMILES string of the molecule is CCOC(=O)c1cnn(C2CCN(C(=O)Nc3nnc(C4CCCCC4)s3)CC2)c1N. The number of carbonyl (C=O) groups excluding carboxylic acids is 2. The lowest BCUT2D eigenvalue weighted by Gasteiger charge is -2.32. The maximum absolute atomic E-state index is 12.7. The minimum absolute atomic E-state index is 0.0339. The van der Waals surface area contributed by atoms with Crippen molar-refractivity contribution in [3.63, 3.8) is 0 Å². The van der Waals surface area contributed by atoms with Gasteiger partial charge in [0.2, 0.25) is 5.13 Å². The van der Waals surface area contributed by atoms with Gasteiger partial charge >= 0.3 is 12.0 Å². The van der Waals surface area contributed by atoms with Crippen LogP contribution in [0.25, 0.3) is 0 Å². The van der Waals surface area contributed by atoms with Gasteiger partial charge in [-0.3, -0.25) is 5.32 Å². The number of aromatic nitrogens is 4. The lowest BCUT2D eigenvalue weighted by atomic mass is 9.90. The number of amides is 2. The predicted octanol–water partition coefficient (Wildman–Crippen LogP) is 3.41. The Hall–Kier alpha value is -2.69. The number of urea groups is 1. The summed E-state index contributed by atoms with van der Waals surface area (Å²) in [6.07, 6.45) is 8.94. The fourth-order valence-electron chi connectivity index (χ4n) is 4.31. The summed E-state index contributed by atoms with van der Waals surface area (Å²) in [5, 5.41) is 17.2. The Kier molecular flexibility index (Phi) is 6.69. The van der Waals surface area contributed by atoms with Gasteiger partial charge in [0.1, 0.15) is 16.4 Å². The van der Waals surface area contributed by atoms with Gasteiger partial charge in [0.05, 0.1) is 18.8 Å². The van der Waals surface area contributed by atoms with Gasteiger partial charge in [-0.25, -0.2) is 14.3 Å². The van der Waals surface area contributed by atoms with Crippen molar-refractivity contribution in [1.82, 2.24) is 24.9 Å². The first-order valence-electron chi connectivity index (χ1n) is 11.0. The van der Waals surface area contributed by atoms with Crippen LogP contribution in [0.2, 0.25) is 0 Å². The molecule has 0 aromatic carbocycles. The molecule has 2 fully saturated rings. The summed E-state index contributed by atoms with van der Waals surface area (Å²) in [5.74, 6) is 0.324. The molecule has 0 radical (unpaired) electrons. The molecule has 1 saturated heterocycles. The first-order chi connectivity index (χ1) is 15.1. The topological polar surface area (TPSA) is 128 Å². The van der Waals surface area contributed by atoms with Crippen LogP contribution >= 0.6 is 11.3 Å². The summed E-state index contributed by atoms with van der Waals surface area (Å²) in [4.78, 5) is 26.4. The van der Waals surface area contributed by atoms with Crippen LogP contribution in [0, 0.1) is 0 Å². The van der Waals surface area contributed by atoms with Crippen LogP contribution in [-0.4, -0.2) is 56.6 Å². The molecule has 0 bridgehead atoms. The van der Waals surface area contributed by atoms with Crippen LogP contribution in [0.3, 0.4) is 0 Å². The number of nitrogens with zero attached hydrogens (tertiary/aromatic N) is 5. The predicted molar refractivity (Wildman–Crippen MR) is 117 cm³/mol. The smallest absolute Gasteiger partial charge is 0.343 e. The van der Waals surface area contributed by atoms with Crippen molar-refractivity contribution in [2.24, 2.45) is 0 Å². The van der Waals surface area contributed by atoms with Gasteiger partial charge in [-0.15, -0.1) is 10.2 Å². The molecule has 1 aliphatic heterocycles. The van der Waals surface area contributed by atoms with E-state index in [9.17, 15) is 9.59 Å². The van der Waals surface area contributed by atoms with E-state index in [0.29, 0.717) is 42.8 Å². The lowest BCUT2D eigenvalue weighted by molar-refractivity contribution is 0.0527. The third-order valence-corrected chi connectivity index (χ3v) is 7.04. The van der Waals surface area contributed by atoms with E-state index in [1.54, 1.807) is 16.5 Å². The van der Waals surface area contributed by atoms with Gasteiger partial charge in [0.15, 0.2) is 0 Å². The average molecular weight is 448 g/mol. The largest absolute Gasteiger partial charge is 0.462 e. The maximum atomic E-state index is 12.7. The molecular weight excluding hydrogens is 418 g/mol. The second kappa shape index (κ2) is 9.63. The Labute approximate surface area is 185 Å². The fourth-order valence-corrected chi connectivity index (χ4v) is 5.21. The lowest BCUT2D eigenvalue weighted by Crippen LogP contribution is -2.41. The number of carbonyl (C=O) groups is 2. The van der Waals surface area contributed by atoms with Crippen LogP contribution in [-0.2, 0) is 4.74 Å². The van der Waals surface area contributed by atoms with E-state index < -0.39 is 5.97 Å². The molecule has 1 aliphatic carbocycles. The Morgan fingerprint density at radius 1 is 1.19 bits per heavy atom. The zero-order valence-corrected chi connectivity index (χ0v) is 18.6. The summed E-state index contributed by atoms with van der Waals surface area (Å²) in [7, 11) is 0. The van der Waals surface area contributed by atoms with Gasteiger partial charge in [-0.05, 0) is 32.6 Å². The van der Waals surface area contributed by atoms with E-state index in [1.165, 1.54) is 36.8 Å². The van der Waals surface area contributed by atoms with Crippen LogP contribution in [0.4, 0.5) is 15.7 Å². The number of esters is 1. The molecule has 11 heteroatoms. The molecule has 168 valence electrons. The molecule has 2 aromatic heterocycles. The van der Waals surface area contributed by atoms with E-state index in [2.05, 4.69) is 20.6 Å². The fraction of sp³-hybridized carbons (Fsp3) is 0.650. The highest BCUT2D eigenvalue weighted by atomic mass is 32.1. The molecule has 0 spiro atoms. The van der Waals surface area contributed by atoms with Crippen molar-refractivity contribution < 1.29 is 14.3 Å². The average Bonchev–Trinajstić information content (AvgIpc) is 3.41. The van der Waals surface area contributed by atoms with Gasteiger partial charge in [0.25, 0.3) is 0 Å². The van der Waals surface area contributed by atoms with Crippen molar-refractivity contribution in [1.29, 1.82) is 0 Å². The highest BCUT2D eigenvalue weighted by Crippen LogP contribution is 2.35.